The number of rotatable bonds is 7. The van der Waals surface area contributed by atoms with Crippen molar-refractivity contribution in [2.24, 2.45) is 0 Å². The summed E-state index contributed by atoms with van der Waals surface area (Å²) in [6, 6.07) is 14.3. The molecule has 0 bridgehead atoms. The number of hydrogen-bond acceptors (Lipinski definition) is 1. The Labute approximate surface area is 189 Å². The Morgan fingerprint density at radius 3 is 2.66 bits per heavy atom. The molecule has 0 unspecified atom stereocenters. The van der Waals surface area contributed by atoms with Crippen LogP contribution in [0, 0.1) is 0 Å². The van der Waals surface area contributed by atoms with E-state index in [1.54, 1.807) is 5.57 Å². The Morgan fingerprint density at radius 2 is 1.86 bits per heavy atom. The number of halogens is 3. The molecule has 0 radical (unpaired) electrons. The van der Waals surface area contributed by atoms with Gasteiger partial charge >= 0.3 is 0 Å². The van der Waals surface area contributed by atoms with E-state index < -0.39 is 0 Å². The Balaban J connectivity index is 0.00000240. The van der Waals surface area contributed by atoms with Crippen molar-refractivity contribution >= 4 is 46.5 Å². The van der Waals surface area contributed by atoms with Crippen LogP contribution in [0.2, 0.25) is 10.0 Å². The van der Waals surface area contributed by atoms with Crippen molar-refractivity contribution in [2.75, 3.05) is 6.54 Å². The fourth-order valence-electron chi connectivity index (χ4n) is 4.03. The topological polar surface area (TPSA) is 17.0 Å². The molecule has 0 fully saturated rings. The Bertz CT molecular complexity index is 991. The van der Waals surface area contributed by atoms with Crippen LogP contribution in [-0.2, 0) is 13.1 Å². The fraction of sp³-hybridized carbons (Fsp3) is 0.333. The molecule has 1 N–H and O–H groups in total. The summed E-state index contributed by atoms with van der Waals surface area (Å²) in [6.45, 7) is 2.66. The molecule has 0 saturated carbocycles. The van der Waals surface area contributed by atoms with E-state index in [4.69, 9.17) is 23.2 Å². The van der Waals surface area contributed by atoms with Crippen molar-refractivity contribution in [3.8, 4) is 0 Å². The molecule has 1 aliphatic rings. The van der Waals surface area contributed by atoms with Gasteiger partial charge in [-0.1, -0.05) is 59.1 Å². The summed E-state index contributed by atoms with van der Waals surface area (Å²) in [4.78, 5) is 0. The van der Waals surface area contributed by atoms with Crippen molar-refractivity contribution in [2.45, 2.75) is 45.2 Å². The van der Waals surface area contributed by atoms with Gasteiger partial charge in [0.1, 0.15) is 0 Å². The Kier molecular flexibility index (Phi) is 8.08. The largest absolute Gasteiger partial charge is 0.343 e. The molecule has 0 saturated heterocycles. The number of benzene rings is 2. The molecule has 5 heteroatoms. The molecular formula is C24H27Cl3N2. The number of nitrogens with zero attached hydrogens (tertiary/aromatic N) is 1. The first-order valence-electron chi connectivity index (χ1n) is 10.1. The third kappa shape index (κ3) is 5.58. The lowest BCUT2D eigenvalue weighted by molar-refractivity contribution is 0.632. The Hall–Kier alpha value is -1.45. The number of allylic oxidation sites excluding steroid dienone is 1. The molecule has 1 aliphatic carbocycles. The normalized spacial score (nSPS) is 13.9. The van der Waals surface area contributed by atoms with Crippen LogP contribution in [0.3, 0.4) is 0 Å². The quantitative estimate of drug-likeness (QED) is 0.294. The highest BCUT2D eigenvalue weighted by molar-refractivity contribution is 6.35. The summed E-state index contributed by atoms with van der Waals surface area (Å²) in [5.74, 6) is 0. The van der Waals surface area contributed by atoms with E-state index in [2.05, 4.69) is 46.4 Å². The van der Waals surface area contributed by atoms with E-state index in [0.29, 0.717) is 10.0 Å². The fourth-order valence-corrected chi connectivity index (χ4v) is 4.50. The van der Waals surface area contributed by atoms with Crippen molar-refractivity contribution in [1.29, 1.82) is 0 Å². The van der Waals surface area contributed by atoms with Crippen molar-refractivity contribution in [3.05, 3.63) is 81.5 Å². The highest BCUT2D eigenvalue weighted by Crippen LogP contribution is 2.26. The van der Waals surface area contributed by atoms with E-state index in [1.165, 1.54) is 48.6 Å². The predicted octanol–water partition coefficient (Wildman–Crippen LogP) is 7.40. The lowest BCUT2D eigenvalue weighted by Crippen LogP contribution is -2.15. The van der Waals surface area contributed by atoms with Gasteiger partial charge in [0.25, 0.3) is 0 Å². The molecule has 2 nitrogen and oxygen atoms in total. The van der Waals surface area contributed by atoms with Gasteiger partial charge in [-0.15, -0.1) is 12.4 Å². The molecule has 0 aliphatic heterocycles. The first kappa shape index (κ1) is 22.2. The number of aromatic nitrogens is 1. The zero-order chi connectivity index (χ0) is 19.3. The maximum absolute atomic E-state index is 6.40. The van der Waals surface area contributed by atoms with Gasteiger partial charge in [-0.05, 0) is 68.0 Å². The maximum Gasteiger partial charge on any atom is 0.0491 e. The van der Waals surface area contributed by atoms with Gasteiger partial charge in [-0.25, -0.2) is 0 Å². The first-order chi connectivity index (χ1) is 13.7. The van der Waals surface area contributed by atoms with Crippen LogP contribution in [0.25, 0.3) is 10.9 Å². The molecule has 1 heterocycles. The lowest BCUT2D eigenvalue weighted by Gasteiger charge is -2.12. The number of para-hydroxylation sites is 1. The monoisotopic (exact) mass is 448 g/mol. The van der Waals surface area contributed by atoms with E-state index >= 15 is 0 Å². The van der Waals surface area contributed by atoms with E-state index in [1.807, 2.05) is 18.2 Å². The van der Waals surface area contributed by atoms with E-state index in [9.17, 15) is 0 Å². The predicted molar refractivity (Wildman–Crippen MR) is 128 cm³/mol. The summed E-state index contributed by atoms with van der Waals surface area (Å²) in [5, 5.41) is 6.33. The van der Waals surface area contributed by atoms with Gasteiger partial charge in [0.15, 0.2) is 0 Å². The van der Waals surface area contributed by atoms with E-state index in [0.717, 1.165) is 25.2 Å². The first-order valence-corrected chi connectivity index (χ1v) is 10.9. The van der Waals surface area contributed by atoms with Crippen LogP contribution in [0.1, 0.15) is 43.2 Å². The van der Waals surface area contributed by atoms with Gasteiger partial charge in [-0.2, -0.15) is 0 Å². The highest BCUT2D eigenvalue weighted by Gasteiger charge is 2.10. The lowest BCUT2D eigenvalue weighted by atomic mass is 9.97. The zero-order valence-electron chi connectivity index (χ0n) is 16.5. The second kappa shape index (κ2) is 10.5. The summed E-state index contributed by atoms with van der Waals surface area (Å²) < 4.78 is 2.28. The van der Waals surface area contributed by atoms with Crippen molar-refractivity contribution in [1.82, 2.24) is 9.88 Å². The van der Waals surface area contributed by atoms with Gasteiger partial charge in [0, 0.05) is 40.2 Å². The molecule has 29 heavy (non-hydrogen) atoms. The van der Waals surface area contributed by atoms with Crippen LogP contribution in [-0.4, -0.2) is 11.1 Å². The average molecular weight is 450 g/mol. The highest BCUT2D eigenvalue weighted by atomic mass is 35.5. The van der Waals surface area contributed by atoms with Gasteiger partial charge < -0.3 is 9.88 Å². The molecule has 0 atom stereocenters. The number of hydrogen-bond donors (Lipinski definition) is 1. The summed E-state index contributed by atoms with van der Waals surface area (Å²) in [5.41, 5.74) is 5.27. The minimum Gasteiger partial charge on any atom is -0.343 e. The van der Waals surface area contributed by atoms with Crippen LogP contribution in [0.5, 0.6) is 0 Å². The van der Waals surface area contributed by atoms with Crippen LogP contribution in [0.15, 0.2) is 60.3 Å². The standard InChI is InChI=1S/C24H26Cl2N2.ClH/c25-21-11-10-19(23(26)14-21)16-28-17-20(22-8-4-5-9-24(22)28)15-27-13-12-18-6-2-1-3-7-18;/h4-6,8-11,14,17,27H,1-3,7,12-13,15-16H2;1H. The van der Waals surface area contributed by atoms with E-state index in [-0.39, 0.29) is 12.4 Å². The third-order valence-electron chi connectivity index (χ3n) is 5.55. The minimum atomic E-state index is 0. The maximum atomic E-state index is 6.40. The molecule has 1 aromatic heterocycles. The van der Waals surface area contributed by atoms with Crippen molar-refractivity contribution in [3.63, 3.8) is 0 Å². The molecular weight excluding hydrogens is 423 g/mol. The molecule has 3 aromatic rings. The number of fused-ring (bicyclic) bond motifs is 1. The second-order valence-electron chi connectivity index (χ2n) is 7.57. The molecule has 0 amide bonds. The summed E-state index contributed by atoms with van der Waals surface area (Å²) in [6.07, 6.45) is 11.1. The van der Waals surface area contributed by atoms with Crippen LogP contribution < -0.4 is 5.32 Å². The SMILES string of the molecule is Cl.Clc1ccc(Cn2cc(CNCCC3=CCCCC3)c3ccccc32)c(Cl)c1. The minimum absolute atomic E-state index is 0. The van der Waals surface area contributed by atoms with Crippen LogP contribution >= 0.6 is 35.6 Å². The summed E-state index contributed by atoms with van der Waals surface area (Å²) >= 11 is 12.4. The van der Waals surface area contributed by atoms with Crippen LogP contribution in [0.4, 0.5) is 0 Å². The summed E-state index contributed by atoms with van der Waals surface area (Å²) in [7, 11) is 0. The second-order valence-corrected chi connectivity index (χ2v) is 8.41. The zero-order valence-corrected chi connectivity index (χ0v) is 18.8. The average Bonchev–Trinajstić information content (AvgIpc) is 3.06. The smallest absolute Gasteiger partial charge is 0.0491 e. The molecule has 154 valence electrons. The van der Waals surface area contributed by atoms with Gasteiger partial charge in [0.05, 0.1) is 0 Å². The third-order valence-corrected chi connectivity index (χ3v) is 6.14. The van der Waals surface area contributed by atoms with Gasteiger partial charge in [-0.3, -0.25) is 0 Å². The number of nitrogens with one attached hydrogen (secondary N) is 1. The molecule has 2 aromatic carbocycles. The Morgan fingerprint density at radius 1 is 1.00 bits per heavy atom. The van der Waals surface area contributed by atoms with Gasteiger partial charge in [0.2, 0.25) is 0 Å². The molecule has 4 rings (SSSR count). The van der Waals surface area contributed by atoms with Crippen molar-refractivity contribution < 1.29 is 0 Å². The molecule has 0 spiro atoms.